The molecule has 1 aromatic rings. The van der Waals surface area contributed by atoms with Gasteiger partial charge in [0.15, 0.2) is 5.78 Å². The highest BCUT2D eigenvalue weighted by molar-refractivity contribution is 6.09. The number of hydrogen-bond acceptors (Lipinski definition) is 4. The lowest BCUT2D eigenvalue weighted by molar-refractivity contribution is -0.146. The van der Waals surface area contributed by atoms with Gasteiger partial charge in [0, 0.05) is 32.3 Å². The summed E-state index contributed by atoms with van der Waals surface area (Å²) in [5.74, 6) is -1.03. The molecule has 0 aromatic heterocycles. The zero-order valence-electron chi connectivity index (χ0n) is 13.3. The molecule has 0 radical (unpaired) electrons. The number of rotatable bonds is 3. The van der Waals surface area contributed by atoms with Crippen molar-refractivity contribution in [3.05, 3.63) is 46.9 Å². The van der Waals surface area contributed by atoms with Gasteiger partial charge in [-0.25, -0.2) is 4.39 Å². The van der Waals surface area contributed by atoms with Crippen LogP contribution in [0.4, 0.5) is 4.39 Å². The zero-order valence-corrected chi connectivity index (χ0v) is 13.3. The number of halogens is 1. The predicted octanol–water partition coefficient (Wildman–Crippen LogP) is 2.35. The molecule has 4 nitrogen and oxygen atoms in total. The molecular formula is C17H20FNO3. The topological polar surface area (TPSA) is 46.6 Å². The second kappa shape index (κ2) is 5.91. The SMILES string of the molecule is COC(=O)[C@]1(c2cccc(F)c2C)CCC(=O)/C1=C\N(C)C. The van der Waals surface area contributed by atoms with Crippen LogP contribution < -0.4 is 0 Å². The quantitative estimate of drug-likeness (QED) is 0.635. The second-order valence-electron chi connectivity index (χ2n) is 5.74. The van der Waals surface area contributed by atoms with Crippen molar-refractivity contribution in [1.82, 2.24) is 4.90 Å². The minimum atomic E-state index is -1.23. The number of nitrogens with zero attached hydrogens (tertiary/aromatic N) is 1. The van der Waals surface area contributed by atoms with E-state index < -0.39 is 17.2 Å². The Balaban J connectivity index is 2.77. The van der Waals surface area contributed by atoms with E-state index in [-0.39, 0.29) is 12.2 Å². The molecule has 0 saturated heterocycles. The lowest BCUT2D eigenvalue weighted by Gasteiger charge is -2.30. The summed E-state index contributed by atoms with van der Waals surface area (Å²) in [5.41, 5.74) is -0.00828. The molecule has 0 aliphatic heterocycles. The number of carbonyl (C=O) groups excluding carboxylic acids is 2. The Morgan fingerprint density at radius 3 is 2.68 bits per heavy atom. The van der Waals surface area contributed by atoms with Gasteiger partial charge in [0.05, 0.1) is 7.11 Å². The molecule has 0 N–H and O–H groups in total. The highest BCUT2D eigenvalue weighted by atomic mass is 19.1. The van der Waals surface area contributed by atoms with Gasteiger partial charge in [-0.15, -0.1) is 0 Å². The van der Waals surface area contributed by atoms with Crippen molar-refractivity contribution in [1.29, 1.82) is 0 Å². The van der Waals surface area contributed by atoms with Gasteiger partial charge in [0.2, 0.25) is 0 Å². The van der Waals surface area contributed by atoms with E-state index in [1.807, 2.05) is 0 Å². The number of hydrogen-bond donors (Lipinski definition) is 0. The Bertz CT molecular complexity index is 651. The number of ketones is 1. The van der Waals surface area contributed by atoms with E-state index in [9.17, 15) is 14.0 Å². The van der Waals surface area contributed by atoms with Crippen LogP contribution in [0.1, 0.15) is 24.0 Å². The van der Waals surface area contributed by atoms with Crippen LogP contribution in [0.3, 0.4) is 0 Å². The molecule has 118 valence electrons. The normalized spacial score (nSPS) is 23.0. The number of carbonyl (C=O) groups is 2. The summed E-state index contributed by atoms with van der Waals surface area (Å²) in [4.78, 5) is 26.6. The fourth-order valence-corrected chi connectivity index (χ4v) is 3.09. The summed E-state index contributed by atoms with van der Waals surface area (Å²) in [6.45, 7) is 1.62. The molecule has 0 spiro atoms. The van der Waals surface area contributed by atoms with Crippen LogP contribution in [0.5, 0.6) is 0 Å². The van der Waals surface area contributed by atoms with Gasteiger partial charge in [-0.1, -0.05) is 12.1 Å². The molecule has 0 unspecified atom stereocenters. The van der Waals surface area contributed by atoms with Crippen LogP contribution in [-0.2, 0) is 19.7 Å². The minimum absolute atomic E-state index is 0.109. The van der Waals surface area contributed by atoms with Gasteiger partial charge in [0.25, 0.3) is 0 Å². The van der Waals surface area contributed by atoms with Gasteiger partial charge in [-0.05, 0) is 30.5 Å². The maximum Gasteiger partial charge on any atom is 0.321 e. The van der Waals surface area contributed by atoms with Crippen molar-refractivity contribution in [3.8, 4) is 0 Å². The second-order valence-corrected chi connectivity index (χ2v) is 5.74. The average Bonchev–Trinajstić information content (AvgIpc) is 2.79. The molecule has 0 amide bonds. The van der Waals surface area contributed by atoms with Gasteiger partial charge in [-0.2, -0.15) is 0 Å². The number of Topliss-reactive ketones (excluding diaryl/α,β-unsaturated/α-hetero) is 1. The maximum absolute atomic E-state index is 14.0. The predicted molar refractivity (Wildman–Crippen MR) is 80.8 cm³/mol. The van der Waals surface area contributed by atoms with Gasteiger partial charge in [-0.3, -0.25) is 9.59 Å². The van der Waals surface area contributed by atoms with Crippen LogP contribution in [0.2, 0.25) is 0 Å². The van der Waals surface area contributed by atoms with Crippen LogP contribution in [0, 0.1) is 12.7 Å². The first kappa shape index (κ1) is 16.2. The standard InChI is InChI=1S/C17H20FNO3/c1-11-12(6-5-7-14(11)18)17(16(21)22-4)9-8-15(20)13(17)10-19(2)3/h5-7,10H,8-9H2,1-4H3/b13-10+/t17-/m0/s1. The third kappa shape index (κ3) is 2.40. The molecule has 0 bridgehead atoms. The number of methoxy groups -OCH3 is 1. The van der Waals surface area contributed by atoms with Crippen molar-refractivity contribution in [3.63, 3.8) is 0 Å². The number of esters is 1. The summed E-state index contributed by atoms with van der Waals surface area (Å²) in [5, 5.41) is 0. The number of benzene rings is 1. The van der Waals surface area contributed by atoms with Crippen molar-refractivity contribution in [2.45, 2.75) is 25.2 Å². The van der Waals surface area contributed by atoms with Gasteiger partial charge in [0.1, 0.15) is 11.2 Å². The van der Waals surface area contributed by atoms with Crippen molar-refractivity contribution < 1.29 is 18.7 Å². The first-order valence-corrected chi connectivity index (χ1v) is 7.10. The molecule has 5 heteroatoms. The van der Waals surface area contributed by atoms with Crippen molar-refractivity contribution in [2.75, 3.05) is 21.2 Å². The Hall–Kier alpha value is -2.17. The average molecular weight is 305 g/mol. The fraction of sp³-hybridized carbons (Fsp3) is 0.412. The third-order valence-electron chi connectivity index (χ3n) is 4.14. The number of ether oxygens (including phenoxy) is 1. The fourth-order valence-electron chi connectivity index (χ4n) is 3.09. The van der Waals surface area contributed by atoms with Gasteiger partial charge >= 0.3 is 5.97 Å². The molecular weight excluding hydrogens is 285 g/mol. The molecule has 0 heterocycles. The summed E-state index contributed by atoms with van der Waals surface area (Å²) < 4.78 is 19.0. The van der Waals surface area contributed by atoms with Crippen LogP contribution >= 0.6 is 0 Å². The summed E-state index contributed by atoms with van der Waals surface area (Å²) in [6, 6.07) is 4.59. The first-order chi connectivity index (χ1) is 10.3. The molecule has 1 aliphatic rings. The molecule has 1 saturated carbocycles. The van der Waals surface area contributed by atoms with Gasteiger partial charge < -0.3 is 9.64 Å². The third-order valence-corrected chi connectivity index (χ3v) is 4.14. The summed E-state index contributed by atoms with van der Waals surface area (Å²) >= 11 is 0. The highest BCUT2D eigenvalue weighted by Gasteiger charge is 2.52. The van der Waals surface area contributed by atoms with E-state index in [1.54, 1.807) is 44.3 Å². The Morgan fingerprint density at radius 2 is 2.09 bits per heavy atom. The van der Waals surface area contributed by atoms with E-state index in [2.05, 4.69) is 0 Å². The summed E-state index contributed by atoms with van der Waals surface area (Å²) in [7, 11) is 4.84. The van der Waals surface area contributed by atoms with Crippen LogP contribution in [0.25, 0.3) is 0 Å². The van der Waals surface area contributed by atoms with E-state index in [1.165, 1.54) is 13.2 Å². The lowest BCUT2D eigenvalue weighted by atomic mass is 9.74. The van der Waals surface area contributed by atoms with E-state index in [0.29, 0.717) is 23.1 Å². The molecule has 22 heavy (non-hydrogen) atoms. The lowest BCUT2D eigenvalue weighted by Crippen LogP contribution is -2.38. The minimum Gasteiger partial charge on any atom is -0.468 e. The smallest absolute Gasteiger partial charge is 0.321 e. The molecule has 1 fully saturated rings. The van der Waals surface area contributed by atoms with Crippen molar-refractivity contribution in [2.24, 2.45) is 0 Å². The molecule has 1 aliphatic carbocycles. The Kier molecular flexibility index (Phi) is 4.35. The largest absolute Gasteiger partial charge is 0.468 e. The van der Waals surface area contributed by atoms with Crippen molar-refractivity contribution >= 4 is 11.8 Å². The van der Waals surface area contributed by atoms with E-state index in [0.717, 1.165) is 0 Å². The zero-order chi connectivity index (χ0) is 16.5. The van der Waals surface area contributed by atoms with E-state index in [4.69, 9.17) is 4.74 Å². The Morgan fingerprint density at radius 1 is 1.41 bits per heavy atom. The monoisotopic (exact) mass is 305 g/mol. The van der Waals surface area contributed by atoms with Crippen LogP contribution in [-0.4, -0.2) is 37.9 Å². The van der Waals surface area contributed by atoms with E-state index >= 15 is 0 Å². The molecule has 1 atom stereocenters. The van der Waals surface area contributed by atoms with Crippen LogP contribution in [0.15, 0.2) is 30.0 Å². The summed E-state index contributed by atoms with van der Waals surface area (Å²) in [6.07, 6.45) is 2.17. The highest BCUT2D eigenvalue weighted by Crippen LogP contribution is 2.46. The maximum atomic E-state index is 14.0. The molecule has 2 rings (SSSR count). The molecule has 1 aromatic carbocycles. The first-order valence-electron chi connectivity index (χ1n) is 7.10. The Labute approximate surface area is 129 Å².